The molecule has 6 heteroatoms. The Morgan fingerprint density at radius 2 is 1.63 bits per heavy atom. The lowest BCUT2D eigenvalue weighted by molar-refractivity contribution is 0.405. The summed E-state index contributed by atoms with van der Waals surface area (Å²) in [4.78, 5) is 0. The minimum Gasteiger partial charge on any atom is -0.450 e. The van der Waals surface area contributed by atoms with Crippen molar-refractivity contribution in [3.05, 3.63) is 56.5 Å². The lowest BCUT2D eigenvalue weighted by Crippen LogP contribution is -1.95. The predicted octanol–water partition coefficient (Wildman–Crippen LogP) is 6.18. The Balaban J connectivity index is 2.38. The molecule has 100 valence electrons. The molecule has 0 saturated carbocycles. The van der Waals surface area contributed by atoms with Gasteiger partial charge in [-0.05, 0) is 51.8 Å². The van der Waals surface area contributed by atoms with Crippen molar-refractivity contribution < 1.29 is 13.5 Å². The van der Waals surface area contributed by atoms with Crippen molar-refractivity contribution in [2.24, 2.45) is 0 Å². The number of benzene rings is 2. The second kappa shape index (κ2) is 6.33. The fourth-order valence-electron chi connectivity index (χ4n) is 1.45. The normalized spacial score (nSPS) is 10.6. The zero-order chi connectivity index (χ0) is 14.0. The summed E-state index contributed by atoms with van der Waals surface area (Å²) in [6.07, 6.45) is 0. The summed E-state index contributed by atoms with van der Waals surface area (Å²) in [7, 11) is 0. The Morgan fingerprint density at radius 3 is 2.16 bits per heavy atom. The Labute approximate surface area is 134 Å². The van der Waals surface area contributed by atoms with Crippen molar-refractivity contribution >= 4 is 47.8 Å². The fourth-order valence-corrected chi connectivity index (χ4v) is 2.91. The molecule has 19 heavy (non-hydrogen) atoms. The van der Waals surface area contributed by atoms with Crippen LogP contribution in [0, 0.1) is 11.6 Å². The van der Waals surface area contributed by atoms with Gasteiger partial charge in [-0.1, -0.05) is 31.9 Å². The molecule has 0 atom stereocenters. The van der Waals surface area contributed by atoms with E-state index in [0.29, 0.717) is 21.1 Å². The first-order valence-electron chi connectivity index (χ1n) is 5.18. The number of halogens is 5. The highest BCUT2D eigenvalue weighted by atomic mass is 79.9. The van der Waals surface area contributed by atoms with Gasteiger partial charge in [0.1, 0.15) is 5.75 Å². The van der Waals surface area contributed by atoms with E-state index in [-0.39, 0.29) is 0 Å². The van der Waals surface area contributed by atoms with Crippen LogP contribution in [0.25, 0.3) is 0 Å². The standard InChI is InChI=1S/C13H7Br3F2O/c14-6-7-3-10(17)13(11(18)4-7)19-12-2-1-8(15)5-9(12)16/h1-5H,6H2. The largest absolute Gasteiger partial charge is 0.450 e. The Hall–Kier alpha value is -0.460. The summed E-state index contributed by atoms with van der Waals surface area (Å²) in [5.74, 6) is -1.53. The third-order valence-corrected chi connectivity index (χ3v) is 4.08. The minimum atomic E-state index is -0.732. The van der Waals surface area contributed by atoms with Crippen LogP contribution in [-0.4, -0.2) is 0 Å². The molecule has 0 aliphatic carbocycles. The predicted molar refractivity (Wildman–Crippen MR) is 80.9 cm³/mol. The van der Waals surface area contributed by atoms with E-state index in [1.165, 1.54) is 12.1 Å². The average molecular weight is 457 g/mol. The molecule has 0 fully saturated rings. The van der Waals surface area contributed by atoms with Gasteiger partial charge in [0.2, 0.25) is 0 Å². The monoisotopic (exact) mass is 454 g/mol. The molecule has 2 aromatic carbocycles. The summed E-state index contributed by atoms with van der Waals surface area (Å²) >= 11 is 9.71. The third kappa shape index (κ3) is 3.55. The smallest absolute Gasteiger partial charge is 0.198 e. The van der Waals surface area contributed by atoms with Gasteiger partial charge in [0.15, 0.2) is 17.4 Å². The molecule has 0 N–H and O–H groups in total. The van der Waals surface area contributed by atoms with Crippen LogP contribution in [0.3, 0.4) is 0 Å². The number of ether oxygens (including phenoxy) is 1. The Morgan fingerprint density at radius 1 is 1.00 bits per heavy atom. The number of alkyl halides is 1. The molecule has 0 aliphatic rings. The Bertz CT molecular complexity index is 594. The van der Waals surface area contributed by atoms with Gasteiger partial charge in [-0.15, -0.1) is 0 Å². The van der Waals surface area contributed by atoms with Crippen molar-refractivity contribution in [3.63, 3.8) is 0 Å². The highest BCUT2D eigenvalue weighted by molar-refractivity contribution is 9.11. The topological polar surface area (TPSA) is 9.23 Å². The number of rotatable bonds is 3. The summed E-state index contributed by atoms with van der Waals surface area (Å²) in [6, 6.07) is 7.55. The molecule has 0 radical (unpaired) electrons. The lowest BCUT2D eigenvalue weighted by atomic mass is 10.2. The van der Waals surface area contributed by atoms with Crippen LogP contribution >= 0.6 is 47.8 Å². The summed E-state index contributed by atoms with van der Waals surface area (Å²) in [5.41, 5.74) is 0.511. The Kier molecular flexibility index (Phi) is 4.97. The zero-order valence-electron chi connectivity index (χ0n) is 9.39. The molecule has 2 rings (SSSR count). The van der Waals surface area contributed by atoms with Crippen LogP contribution in [0.5, 0.6) is 11.5 Å². The first kappa shape index (κ1) is 14.9. The first-order chi connectivity index (χ1) is 9.01. The molecule has 0 unspecified atom stereocenters. The summed E-state index contributed by atoms with van der Waals surface area (Å²) in [6.45, 7) is 0. The van der Waals surface area contributed by atoms with Crippen LogP contribution in [0.2, 0.25) is 0 Å². The van der Waals surface area contributed by atoms with E-state index < -0.39 is 17.4 Å². The van der Waals surface area contributed by atoms with Gasteiger partial charge in [-0.3, -0.25) is 0 Å². The molecule has 0 amide bonds. The highest BCUT2D eigenvalue weighted by Gasteiger charge is 2.14. The van der Waals surface area contributed by atoms with Gasteiger partial charge in [-0.2, -0.15) is 0 Å². The fraction of sp³-hybridized carbons (Fsp3) is 0.0769. The van der Waals surface area contributed by atoms with Crippen molar-refractivity contribution in [2.75, 3.05) is 0 Å². The quantitative estimate of drug-likeness (QED) is 0.501. The molecule has 0 saturated heterocycles. The van der Waals surface area contributed by atoms with E-state index in [1.807, 2.05) is 0 Å². The van der Waals surface area contributed by atoms with E-state index in [9.17, 15) is 8.78 Å². The molecule has 0 heterocycles. The van der Waals surface area contributed by atoms with Crippen LogP contribution < -0.4 is 4.74 Å². The maximum absolute atomic E-state index is 13.8. The van der Waals surface area contributed by atoms with Crippen molar-refractivity contribution in [1.29, 1.82) is 0 Å². The second-order valence-electron chi connectivity index (χ2n) is 3.70. The average Bonchev–Trinajstić information content (AvgIpc) is 2.35. The van der Waals surface area contributed by atoms with E-state index in [0.717, 1.165) is 4.47 Å². The molecular weight excluding hydrogens is 450 g/mol. The molecule has 2 aromatic rings. The van der Waals surface area contributed by atoms with Crippen molar-refractivity contribution in [2.45, 2.75) is 5.33 Å². The SMILES string of the molecule is Fc1cc(CBr)cc(F)c1Oc1ccc(Br)cc1Br. The van der Waals surface area contributed by atoms with Gasteiger partial charge in [0.05, 0.1) is 4.47 Å². The van der Waals surface area contributed by atoms with Crippen LogP contribution in [0.15, 0.2) is 39.3 Å². The van der Waals surface area contributed by atoms with Crippen molar-refractivity contribution in [3.8, 4) is 11.5 Å². The van der Waals surface area contributed by atoms with Crippen LogP contribution in [-0.2, 0) is 5.33 Å². The summed E-state index contributed by atoms with van der Waals surface area (Å²) < 4.78 is 34.3. The van der Waals surface area contributed by atoms with Crippen LogP contribution in [0.1, 0.15) is 5.56 Å². The van der Waals surface area contributed by atoms with Crippen molar-refractivity contribution in [1.82, 2.24) is 0 Å². The molecular formula is C13H7Br3F2O. The molecule has 0 spiro atoms. The summed E-state index contributed by atoms with van der Waals surface area (Å²) in [5, 5.41) is 0.378. The zero-order valence-corrected chi connectivity index (χ0v) is 14.1. The third-order valence-electron chi connectivity index (χ3n) is 2.32. The molecule has 0 aliphatic heterocycles. The van der Waals surface area contributed by atoms with E-state index in [2.05, 4.69) is 47.8 Å². The van der Waals surface area contributed by atoms with E-state index >= 15 is 0 Å². The molecule has 0 bridgehead atoms. The van der Waals surface area contributed by atoms with Crippen LogP contribution in [0.4, 0.5) is 8.78 Å². The van der Waals surface area contributed by atoms with Gasteiger partial charge in [-0.25, -0.2) is 8.78 Å². The van der Waals surface area contributed by atoms with Gasteiger partial charge >= 0.3 is 0 Å². The lowest BCUT2D eigenvalue weighted by Gasteiger charge is -2.10. The first-order valence-corrected chi connectivity index (χ1v) is 7.89. The molecule has 0 aromatic heterocycles. The van der Waals surface area contributed by atoms with Gasteiger partial charge in [0, 0.05) is 9.80 Å². The van der Waals surface area contributed by atoms with E-state index in [1.54, 1.807) is 18.2 Å². The van der Waals surface area contributed by atoms with Gasteiger partial charge < -0.3 is 4.74 Å². The second-order valence-corrected chi connectivity index (χ2v) is 6.03. The molecule has 1 nitrogen and oxygen atoms in total. The van der Waals surface area contributed by atoms with E-state index in [4.69, 9.17) is 4.74 Å². The number of hydrogen-bond donors (Lipinski definition) is 0. The number of hydrogen-bond acceptors (Lipinski definition) is 1. The van der Waals surface area contributed by atoms with Gasteiger partial charge in [0.25, 0.3) is 0 Å². The maximum atomic E-state index is 13.8. The minimum absolute atomic E-state index is 0.340. The maximum Gasteiger partial charge on any atom is 0.198 e. The highest BCUT2D eigenvalue weighted by Crippen LogP contribution is 2.35.